The summed E-state index contributed by atoms with van der Waals surface area (Å²) in [6, 6.07) is 5.51. The fourth-order valence-corrected chi connectivity index (χ4v) is 1.88. The highest BCUT2D eigenvalue weighted by molar-refractivity contribution is 5.71. The van der Waals surface area contributed by atoms with E-state index in [4.69, 9.17) is 4.84 Å². The Balaban J connectivity index is 2.38. The van der Waals surface area contributed by atoms with Crippen LogP contribution in [0.25, 0.3) is 5.69 Å². The Labute approximate surface area is 114 Å². The molecule has 2 N–H and O–H groups in total. The summed E-state index contributed by atoms with van der Waals surface area (Å²) < 4.78 is 1.16. The normalized spacial score (nSPS) is 10.5. The lowest BCUT2D eigenvalue weighted by molar-refractivity contribution is -0.132. The summed E-state index contributed by atoms with van der Waals surface area (Å²) >= 11 is 0. The third-order valence-corrected chi connectivity index (χ3v) is 2.76. The predicted octanol–water partition coefficient (Wildman–Crippen LogP) is 0.0857. The highest BCUT2D eigenvalue weighted by Crippen LogP contribution is 2.18. The van der Waals surface area contributed by atoms with E-state index in [1.54, 1.807) is 6.07 Å². The summed E-state index contributed by atoms with van der Waals surface area (Å²) in [5.74, 6) is -0.292. The zero-order valence-electron chi connectivity index (χ0n) is 11.2. The number of hydrogen-bond acceptors (Lipinski definition) is 5. The summed E-state index contributed by atoms with van der Waals surface area (Å²) in [6.07, 6.45) is 0.763. The number of aromatic nitrogens is 4. The minimum absolute atomic E-state index is 0.137. The Bertz CT molecular complexity index is 661. The summed E-state index contributed by atoms with van der Waals surface area (Å²) in [7, 11) is 0. The Hall–Kier alpha value is -2.48. The molecular weight excluding hydrogens is 262 g/mol. The lowest BCUT2D eigenvalue weighted by Crippen LogP contribution is -2.22. The van der Waals surface area contributed by atoms with Gasteiger partial charge >= 0.3 is 5.69 Å². The number of H-pyrrole nitrogens is 1. The second-order valence-corrected chi connectivity index (χ2v) is 4.13. The molecular formula is C12H15N5O3. The average molecular weight is 277 g/mol. The molecule has 106 valence electrons. The van der Waals surface area contributed by atoms with Gasteiger partial charge < -0.3 is 0 Å². The first-order chi connectivity index (χ1) is 9.63. The van der Waals surface area contributed by atoms with Gasteiger partial charge in [-0.25, -0.2) is 15.4 Å². The Kier molecular flexibility index (Phi) is 4.26. The molecule has 1 aromatic carbocycles. The number of rotatable bonds is 5. The van der Waals surface area contributed by atoms with Crippen molar-refractivity contribution in [2.45, 2.75) is 26.9 Å². The molecule has 1 amide bonds. The number of hydroxylamine groups is 1. The molecule has 8 nitrogen and oxygen atoms in total. The van der Waals surface area contributed by atoms with Crippen LogP contribution in [0.2, 0.25) is 0 Å². The number of aryl methyl sites for hydroxylation is 1. The first kappa shape index (κ1) is 13.9. The fraction of sp³-hybridized carbons (Fsp3) is 0.333. The number of tetrazole rings is 1. The number of carbonyl (C=O) groups excluding carboxylic acids is 1. The van der Waals surface area contributed by atoms with Gasteiger partial charge in [0.25, 0.3) is 0 Å². The molecule has 0 aliphatic heterocycles. The zero-order chi connectivity index (χ0) is 14.5. The van der Waals surface area contributed by atoms with E-state index in [0.29, 0.717) is 5.69 Å². The summed E-state index contributed by atoms with van der Waals surface area (Å²) in [5.41, 5.74) is 4.19. The van der Waals surface area contributed by atoms with Gasteiger partial charge in [-0.3, -0.25) is 9.63 Å². The van der Waals surface area contributed by atoms with E-state index in [-0.39, 0.29) is 12.5 Å². The lowest BCUT2D eigenvalue weighted by atomic mass is 10.0. The third-order valence-electron chi connectivity index (χ3n) is 2.76. The molecule has 2 rings (SSSR count). The van der Waals surface area contributed by atoms with Crippen molar-refractivity contribution in [3.8, 4) is 5.69 Å². The molecule has 0 aliphatic rings. The highest BCUT2D eigenvalue weighted by Gasteiger charge is 2.13. The van der Waals surface area contributed by atoms with Crippen molar-refractivity contribution in [3.05, 3.63) is 39.8 Å². The summed E-state index contributed by atoms with van der Waals surface area (Å²) in [4.78, 5) is 27.6. The average Bonchev–Trinajstić information content (AvgIpc) is 2.84. The van der Waals surface area contributed by atoms with Crippen molar-refractivity contribution >= 4 is 5.91 Å². The number of carbonyl (C=O) groups is 1. The monoisotopic (exact) mass is 277 g/mol. The van der Waals surface area contributed by atoms with Crippen molar-refractivity contribution in [2.75, 3.05) is 0 Å². The van der Waals surface area contributed by atoms with E-state index in [1.807, 2.05) is 19.1 Å². The maximum atomic E-state index is 11.6. The largest absolute Gasteiger partial charge is 0.365 e. The van der Waals surface area contributed by atoms with E-state index < -0.39 is 5.69 Å². The minimum atomic E-state index is -0.431. The van der Waals surface area contributed by atoms with Gasteiger partial charge in [0.1, 0.15) is 6.61 Å². The van der Waals surface area contributed by atoms with Gasteiger partial charge in [0.05, 0.1) is 5.69 Å². The van der Waals surface area contributed by atoms with E-state index in [2.05, 4.69) is 21.0 Å². The Morgan fingerprint density at radius 1 is 1.50 bits per heavy atom. The number of nitrogens with one attached hydrogen (secondary N) is 2. The van der Waals surface area contributed by atoms with Gasteiger partial charge in [0.2, 0.25) is 5.91 Å². The van der Waals surface area contributed by atoms with Crippen LogP contribution in [0.4, 0.5) is 0 Å². The molecule has 20 heavy (non-hydrogen) atoms. The van der Waals surface area contributed by atoms with Gasteiger partial charge in [-0.1, -0.05) is 19.1 Å². The number of hydrogen-bond donors (Lipinski definition) is 2. The van der Waals surface area contributed by atoms with Crippen molar-refractivity contribution < 1.29 is 9.63 Å². The summed E-state index contributed by atoms with van der Waals surface area (Å²) in [5, 5.41) is 9.43. The smallest absolute Gasteiger partial charge is 0.273 e. The molecule has 0 radical (unpaired) electrons. The van der Waals surface area contributed by atoms with Crippen molar-refractivity contribution in [2.24, 2.45) is 0 Å². The molecule has 1 heterocycles. The summed E-state index contributed by atoms with van der Waals surface area (Å²) in [6.45, 7) is 3.49. The number of benzene rings is 1. The molecule has 0 unspecified atom stereocenters. The zero-order valence-corrected chi connectivity index (χ0v) is 11.2. The molecule has 2 aromatic rings. The molecule has 0 saturated carbocycles. The van der Waals surface area contributed by atoms with Crippen molar-refractivity contribution in [1.82, 2.24) is 25.7 Å². The van der Waals surface area contributed by atoms with Crippen LogP contribution in [0.15, 0.2) is 23.0 Å². The van der Waals surface area contributed by atoms with Gasteiger partial charge in [0.15, 0.2) is 0 Å². The number of nitrogens with zero attached hydrogens (tertiary/aromatic N) is 3. The molecule has 0 aliphatic carbocycles. The van der Waals surface area contributed by atoms with Crippen molar-refractivity contribution in [1.29, 1.82) is 0 Å². The maximum absolute atomic E-state index is 11.6. The van der Waals surface area contributed by atoms with Crippen molar-refractivity contribution in [3.63, 3.8) is 0 Å². The first-order valence-electron chi connectivity index (χ1n) is 6.13. The molecule has 0 atom stereocenters. The Morgan fingerprint density at radius 3 is 2.90 bits per heavy atom. The number of aromatic amines is 1. The lowest BCUT2D eigenvalue weighted by Gasteiger charge is -2.13. The molecule has 0 spiro atoms. The van der Waals surface area contributed by atoms with E-state index in [9.17, 15) is 9.59 Å². The predicted molar refractivity (Wildman–Crippen MR) is 70.0 cm³/mol. The molecule has 0 bridgehead atoms. The van der Waals surface area contributed by atoms with Crippen LogP contribution >= 0.6 is 0 Å². The topological polar surface area (TPSA) is 102 Å². The van der Waals surface area contributed by atoms with Crippen LogP contribution in [-0.2, 0) is 22.7 Å². The molecule has 8 heteroatoms. The molecule has 0 saturated heterocycles. The maximum Gasteiger partial charge on any atom is 0.365 e. The molecule has 0 fully saturated rings. The standard InChI is InChI=1S/C12H15N5O3/c1-3-9-5-4-6-11(17-12(19)13-15-16-17)10(9)7-20-14-8(2)18/h4-6H,3,7H2,1-2H3,(H,14,18)(H,13,16,19). The number of amides is 1. The third kappa shape index (κ3) is 2.91. The van der Waals surface area contributed by atoms with Gasteiger partial charge in [0, 0.05) is 12.5 Å². The van der Waals surface area contributed by atoms with Crippen LogP contribution in [0, 0.1) is 0 Å². The van der Waals surface area contributed by atoms with Crippen LogP contribution in [0.3, 0.4) is 0 Å². The van der Waals surface area contributed by atoms with Gasteiger partial charge in [-0.2, -0.15) is 4.68 Å². The minimum Gasteiger partial charge on any atom is -0.273 e. The first-order valence-corrected chi connectivity index (χ1v) is 6.13. The van der Waals surface area contributed by atoms with E-state index in [0.717, 1.165) is 22.2 Å². The van der Waals surface area contributed by atoms with E-state index >= 15 is 0 Å². The second kappa shape index (κ2) is 6.11. The van der Waals surface area contributed by atoms with Crippen LogP contribution in [-0.4, -0.2) is 26.1 Å². The van der Waals surface area contributed by atoms with Crippen LogP contribution in [0.5, 0.6) is 0 Å². The molecule has 1 aromatic heterocycles. The van der Waals surface area contributed by atoms with Gasteiger partial charge in [-0.05, 0) is 28.5 Å². The second-order valence-electron chi connectivity index (χ2n) is 4.13. The van der Waals surface area contributed by atoms with Crippen LogP contribution in [0.1, 0.15) is 25.0 Å². The SMILES string of the molecule is CCc1cccc(-n2nn[nH]c2=O)c1CONC(C)=O. The fourth-order valence-electron chi connectivity index (χ4n) is 1.88. The highest BCUT2D eigenvalue weighted by atomic mass is 16.6. The van der Waals surface area contributed by atoms with Gasteiger partial charge in [-0.15, -0.1) is 0 Å². The van der Waals surface area contributed by atoms with E-state index in [1.165, 1.54) is 6.92 Å². The quantitative estimate of drug-likeness (QED) is 0.754. The Morgan fingerprint density at radius 2 is 2.30 bits per heavy atom. The van der Waals surface area contributed by atoms with Crippen LogP contribution < -0.4 is 11.2 Å².